The van der Waals surface area contributed by atoms with Crippen LogP contribution in [-0.4, -0.2) is 5.54 Å². The second-order valence-electron chi connectivity index (χ2n) is 5.09. The third kappa shape index (κ3) is 2.40. The summed E-state index contributed by atoms with van der Waals surface area (Å²) in [6, 6.07) is 8.73. The van der Waals surface area contributed by atoms with Gasteiger partial charge in [0.1, 0.15) is 0 Å². The quantitative estimate of drug-likeness (QED) is 0.799. The van der Waals surface area contributed by atoms with Crippen molar-refractivity contribution < 1.29 is 0 Å². The third-order valence-corrected chi connectivity index (χ3v) is 3.53. The molecule has 82 valence electrons. The SMILES string of the molecule is CCCC1CC1(N)Cc1cccc(C)c1. The zero-order chi connectivity index (χ0) is 10.9. The average Bonchev–Trinajstić information content (AvgIpc) is 2.76. The van der Waals surface area contributed by atoms with Gasteiger partial charge >= 0.3 is 0 Å². The van der Waals surface area contributed by atoms with Crippen molar-refractivity contribution in [3.63, 3.8) is 0 Å². The lowest BCUT2D eigenvalue weighted by Gasteiger charge is -2.11. The standard InChI is InChI=1S/C14H21N/c1-3-5-13-10-14(13,15)9-12-7-4-6-11(2)8-12/h4,6-8,13H,3,5,9-10,15H2,1-2H3. The summed E-state index contributed by atoms with van der Waals surface area (Å²) in [7, 11) is 0. The highest BCUT2D eigenvalue weighted by molar-refractivity contribution is 5.26. The molecule has 1 aliphatic carbocycles. The summed E-state index contributed by atoms with van der Waals surface area (Å²) in [5, 5.41) is 0. The normalized spacial score (nSPS) is 29.1. The van der Waals surface area contributed by atoms with Gasteiger partial charge in [-0.1, -0.05) is 43.2 Å². The van der Waals surface area contributed by atoms with E-state index in [-0.39, 0.29) is 5.54 Å². The Balaban J connectivity index is 1.98. The minimum atomic E-state index is 0.115. The predicted molar refractivity (Wildman–Crippen MR) is 64.8 cm³/mol. The van der Waals surface area contributed by atoms with E-state index < -0.39 is 0 Å². The summed E-state index contributed by atoms with van der Waals surface area (Å²) < 4.78 is 0. The molecule has 0 spiro atoms. The van der Waals surface area contributed by atoms with Crippen LogP contribution in [0.15, 0.2) is 24.3 Å². The first kappa shape index (κ1) is 10.7. The van der Waals surface area contributed by atoms with Gasteiger partial charge in [0.2, 0.25) is 0 Å². The molecule has 1 nitrogen and oxygen atoms in total. The second kappa shape index (κ2) is 3.97. The molecule has 2 atom stereocenters. The van der Waals surface area contributed by atoms with Crippen molar-refractivity contribution >= 4 is 0 Å². The fraction of sp³-hybridized carbons (Fsp3) is 0.571. The topological polar surface area (TPSA) is 26.0 Å². The van der Waals surface area contributed by atoms with Gasteiger partial charge in [0.05, 0.1) is 0 Å². The van der Waals surface area contributed by atoms with Crippen LogP contribution in [0.5, 0.6) is 0 Å². The molecule has 2 N–H and O–H groups in total. The molecule has 0 amide bonds. The zero-order valence-corrected chi connectivity index (χ0v) is 9.79. The summed E-state index contributed by atoms with van der Waals surface area (Å²) in [5.74, 6) is 0.767. The van der Waals surface area contributed by atoms with E-state index in [4.69, 9.17) is 5.73 Å². The van der Waals surface area contributed by atoms with Gasteiger partial charge in [-0.15, -0.1) is 0 Å². The van der Waals surface area contributed by atoms with Crippen LogP contribution in [0.25, 0.3) is 0 Å². The first-order valence-corrected chi connectivity index (χ1v) is 5.98. The Kier molecular flexibility index (Phi) is 2.83. The van der Waals surface area contributed by atoms with Gasteiger partial charge in [0.15, 0.2) is 0 Å². The Labute approximate surface area is 92.7 Å². The Hall–Kier alpha value is -0.820. The minimum absolute atomic E-state index is 0.115. The van der Waals surface area contributed by atoms with Crippen LogP contribution in [-0.2, 0) is 6.42 Å². The summed E-state index contributed by atoms with van der Waals surface area (Å²) in [6.45, 7) is 4.38. The van der Waals surface area contributed by atoms with E-state index in [1.54, 1.807) is 0 Å². The van der Waals surface area contributed by atoms with E-state index in [1.165, 1.54) is 30.4 Å². The molecule has 0 aliphatic heterocycles. The Morgan fingerprint density at radius 1 is 1.47 bits per heavy atom. The molecule has 1 fully saturated rings. The minimum Gasteiger partial charge on any atom is -0.325 e. The number of nitrogens with two attached hydrogens (primary N) is 1. The van der Waals surface area contributed by atoms with Crippen LogP contribution in [0.1, 0.15) is 37.3 Å². The van der Waals surface area contributed by atoms with Gasteiger partial charge in [0.25, 0.3) is 0 Å². The maximum atomic E-state index is 6.36. The summed E-state index contributed by atoms with van der Waals surface area (Å²) in [4.78, 5) is 0. The van der Waals surface area contributed by atoms with Gasteiger partial charge in [-0.2, -0.15) is 0 Å². The highest BCUT2D eigenvalue weighted by Gasteiger charge is 2.49. The van der Waals surface area contributed by atoms with Crippen LogP contribution >= 0.6 is 0 Å². The molecule has 0 saturated heterocycles. The molecule has 0 aromatic heterocycles. The lowest BCUT2D eigenvalue weighted by atomic mass is 10.00. The Morgan fingerprint density at radius 3 is 2.93 bits per heavy atom. The van der Waals surface area contributed by atoms with Crippen molar-refractivity contribution in [2.24, 2.45) is 11.7 Å². The van der Waals surface area contributed by atoms with Crippen molar-refractivity contribution in [3.05, 3.63) is 35.4 Å². The molecule has 2 unspecified atom stereocenters. The number of benzene rings is 1. The van der Waals surface area contributed by atoms with E-state index in [0.29, 0.717) is 0 Å². The van der Waals surface area contributed by atoms with E-state index >= 15 is 0 Å². The third-order valence-electron chi connectivity index (χ3n) is 3.53. The first-order valence-electron chi connectivity index (χ1n) is 5.98. The van der Waals surface area contributed by atoms with Crippen LogP contribution in [0.3, 0.4) is 0 Å². The molecule has 1 aromatic rings. The second-order valence-corrected chi connectivity index (χ2v) is 5.09. The predicted octanol–water partition coefficient (Wildman–Crippen LogP) is 3.06. The fourth-order valence-corrected chi connectivity index (χ4v) is 2.56. The maximum absolute atomic E-state index is 6.36. The number of hydrogen-bond donors (Lipinski definition) is 1. The van der Waals surface area contributed by atoms with Gasteiger partial charge in [-0.3, -0.25) is 0 Å². The molecule has 0 bridgehead atoms. The highest BCUT2D eigenvalue weighted by atomic mass is 14.9. The van der Waals surface area contributed by atoms with Gasteiger partial charge in [-0.05, 0) is 37.7 Å². The molecule has 1 heteroatoms. The fourth-order valence-electron chi connectivity index (χ4n) is 2.56. The molecule has 1 aromatic carbocycles. The van der Waals surface area contributed by atoms with Crippen LogP contribution in [0, 0.1) is 12.8 Å². The van der Waals surface area contributed by atoms with Crippen molar-refractivity contribution in [2.75, 3.05) is 0 Å². The lowest BCUT2D eigenvalue weighted by Crippen LogP contribution is -2.27. The van der Waals surface area contributed by atoms with Crippen molar-refractivity contribution in [1.29, 1.82) is 0 Å². The molecule has 0 heterocycles. The first-order chi connectivity index (χ1) is 7.14. The van der Waals surface area contributed by atoms with Gasteiger partial charge in [-0.25, -0.2) is 0 Å². The smallest absolute Gasteiger partial charge is 0.0227 e. The Bertz CT molecular complexity index is 345. The molecule has 1 saturated carbocycles. The molecule has 2 rings (SSSR count). The zero-order valence-electron chi connectivity index (χ0n) is 9.79. The van der Waals surface area contributed by atoms with Gasteiger partial charge < -0.3 is 5.73 Å². The van der Waals surface area contributed by atoms with E-state index in [1.807, 2.05) is 0 Å². The van der Waals surface area contributed by atoms with E-state index in [0.717, 1.165) is 12.3 Å². The molecule has 1 aliphatic rings. The maximum Gasteiger partial charge on any atom is 0.0227 e. The number of rotatable bonds is 4. The van der Waals surface area contributed by atoms with Crippen LogP contribution < -0.4 is 5.73 Å². The van der Waals surface area contributed by atoms with Crippen molar-refractivity contribution in [2.45, 2.75) is 45.1 Å². The van der Waals surface area contributed by atoms with E-state index in [9.17, 15) is 0 Å². The molecular weight excluding hydrogens is 182 g/mol. The monoisotopic (exact) mass is 203 g/mol. The molecule has 15 heavy (non-hydrogen) atoms. The van der Waals surface area contributed by atoms with Crippen LogP contribution in [0.2, 0.25) is 0 Å². The molecule has 0 radical (unpaired) electrons. The highest BCUT2D eigenvalue weighted by Crippen LogP contribution is 2.46. The summed E-state index contributed by atoms with van der Waals surface area (Å²) in [5.41, 5.74) is 9.21. The van der Waals surface area contributed by atoms with Crippen LogP contribution in [0.4, 0.5) is 0 Å². The summed E-state index contributed by atoms with van der Waals surface area (Å²) in [6.07, 6.45) is 4.83. The number of hydrogen-bond acceptors (Lipinski definition) is 1. The van der Waals surface area contributed by atoms with E-state index in [2.05, 4.69) is 38.1 Å². The largest absolute Gasteiger partial charge is 0.325 e. The van der Waals surface area contributed by atoms with Gasteiger partial charge in [0, 0.05) is 5.54 Å². The van der Waals surface area contributed by atoms with Crippen molar-refractivity contribution in [3.8, 4) is 0 Å². The lowest BCUT2D eigenvalue weighted by molar-refractivity contribution is 0.556. The average molecular weight is 203 g/mol. The van der Waals surface area contributed by atoms with Crippen molar-refractivity contribution in [1.82, 2.24) is 0 Å². The Morgan fingerprint density at radius 2 is 2.27 bits per heavy atom. The number of aryl methyl sites for hydroxylation is 1. The molecular formula is C14H21N. The summed E-state index contributed by atoms with van der Waals surface area (Å²) >= 11 is 0.